The molecule has 0 N–H and O–H groups in total. The Kier molecular flexibility index (Phi) is 3.41. The molecule has 0 bridgehead atoms. The fraction of sp³-hybridized carbons (Fsp3) is 0.444. The lowest BCUT2D eigenvalue weighted by atomic mass is 10.3. The summed E-state index contributed by atoms with van der Waals surface area (Å²) < 4.78 is 11.5. The number of hydrogen-bond donors (Lipinski definition) is 0. The van der Waals surface area contributed by atoms with Crippen LogP contribution in [0, 0.1) is 5.92 Å². The van der Waals surface area contributed by atoms with Crippen LogP contribution in [0.5, 0.6) is 0 Å². The lowest BCUT2D eigenvalue weighted by Crippen LogP contribution is -2.05. The molecule has 0 aliphatic carbocycles. The topological polar surface area (TPSA) is 30.0 Å². The lowest BCUT2D eigenvalue weighted by Gasteiger charge is -2.02. The van der Waals surface area contributed by atoms with Gasteiger partial charge in [-0.05, 0) is 18.1 Å². The summed E-state index contributed by atoms with van der Waals surface area (Å²) in [6.45, 7) is 4.11. The first-order valence-corrected chi connectivity index (χ1v) is 5.31. The van der Waals surface area contributed by atoms with Gasteiger partial charge in [-0.3, -0.25) is 4.21 Å². The van der Waals surface area contributed by atoms with Gasteiger partial charge in [-0.2, -0.15) is 0 Å². The Morgan fingerprint density at radius 3 is 2.75 bits per heavy atom. The predicted molar refractivity (Wildman–Crippen MR) is 50.4 cm³/mol. The zero-order chi connectivity index (χ0) is 8.97. The third-order valence-corrected chi connectivity index (χ3v) is 3.03. The molecule has 3 heteroatoms. The van der Waals surface area contributed by atoms with Crippen molar-refractivity contribution in [2.45, 2.75) is 18.9 Å². The molecule has 1 aromatic heterocycles. The second-order valence-electron chi connectivity index (χ2n) is 3.07. The molecule has 0 saturated heterocycles. The Hall–Kier alpha value is -0.700. The Labute approximate surface area is 75.5 Å². The average Bonchev–Trinajstić information content (AvgIpc) is 2.05. The van der Waals surface area contributed by atoms with Gasteiger partial charge in [0.2, 0.25) is 0 Å². The second-order valence-corrected chi connectivity index (χ2v) is 4.52. The van der Waals surface area contributed by atoms with Crippen LogP contribution in [-0.4, -0.2) is 14.9 Å². The first-order valence-electron chi connectivity index (χ1n) is 3.99. The van der Waals surface area contributed by atoms with E-state index in [2.05, 4.69) is 18.8 Å². The van der Waals surface area contributed by atoms with E-state index >= 15 is 0 Å². The summed E-state index contributed by atoms with van der Waals surface area (Å²) in [5.74, 6) is 1.14. The van der Waals surface area contributed by atoms with Crippen LogP contribution in [0.2, 0.25) is 0 Å². The molecule has 0 amide bonds. The van der Waals surface area contributed by atoms with Gasteiger partial charge >= 0.3 is 0 Å². The number of pyridine rings is 1. The van der Waals surface area contributed by atoms with Gasteiger partial charge in [0, 0.05) is 11.9 Å². The van der Waals surface area contributed by atoms with Gasteiger partial charge in [-0.15, -0.1) is 0 Å². The van der Waals surface area contributed by atoms with Crippen molar-refractivity contribution in [1.29, 1.82) is 0 Å². The van der Waals surface area contributed by atoms with Gasteiger partial charge < -0.3 is 0 Å². The van der Waals surface area contributed by atoms with E-state index in [0.29, 0.717) is 16.7 Å². The minimum Gasteiger partial charge on any atom is -0.253 e. The highest BCUT2D eigenvalue weighted by molar-refractivity contribution is 7.84. The van der Waals surface area contributed by atoms with E-state index in [-0.39, 0.29) is 0 Å². The van der Waals surface area contributed by atoms with E-state index in [1.54, 1.807) is 12.3 Å². The van der Waals surface area contributed by atoms with E-state index < -0.39 is 10.8 Å². The molecule has 0 aliphatic heterocycles. The maximum absolute atomic E-state index is 11.5. The van der Waals surface area contributed by atoms with Crippen LogP contribution in [-0.2, 0) is 10.8 Å². The highest BCUT2D eigenvalue weighted by Crippen LogP contribution is 2.05. The van der Waals surface area contributed by atoms with Crippen molar-refractivity contribution in [3.63, 3.8) is 0 Å². The lowest BCUT2D eigenvalue weighted by molar-refractivity contribution is 0.662. The van der Waals surface area contributed by atoms with Crippen LogP contribution in [0.25, 0.3) is 0 Å². The van der Waals surface area contributed by atoms with Crippen LogP contribution < -0.4 is 0 Å². The summed E-state index contributed by atoms with van der Waals surface area (Å²) in [5, 5.41) is 0.686. The van der Waals surface area contributed by atoms with Crippen LogP contribution >= 0.6 is 0 Å². The molecule has 2 nitrogen and oxygen atoms in total. The molecule has 66 valence electrons. The molecule has 0 aromatic carbocycles. The van der Waals surface area contributed by atoms with E-state index in [1.165, 1.54) is 0 Å². The summed E-state index contributed by atoms with van der Waals surface area (Å²) >= 11 is 0. The smallest absolute Gasteiger partial charge is 0.127 e. The summed E-state index contributed by atoms with van der Waals surface area (Å²) in [6.07, 6.45) is 1.67. The second kappa shape index (κ2) is 4.36. The molecule has 1 rings (SSSR count). The van der Waals surface area contributed by atoms with E-state index in [0.717, 1.165) is 0 Å². The van der Waals surface area contributed by atoms with Crippen molar-refractivity contribution in [3.05, 3.63) is 24.4 Å². The number of nitrogens with zero attached hydrogens (tertiary/aromatic N) is 1. The van der Waals surface area contributed by atoms with Crippen molar-refractivity contribution < 1.29 is 4.21 Å². The zero-order valence-electron chi connectivity index (χ0n) is 7.36. The molecule has 1 heterocycles. The Balaban J connectivity index is 2.66. The van der Waals surface area contributed by atoms with E-state index in [1.807, 2.05) is 12.1 Å². The molecule has 0 unspecified atom stereocenters. The largest absolute Gasteiger partial charge is 0.253 e. The van der Waals surface area contributed by atoms with Crippen molar-refractivity contribution in [3.8, 4) is 0 Å². The zero-order valence-corrected chi connectivity index (χ0v) is 8.17. The number of rotatable bonds is 3. The maximum Gasteiger partial charge on any atom is 0.127 e. The minimum absolute atomic E-state index is 0.452. The molecule has 0 radical (unpaired) electrons. The average molecular weight is 183 g/mol. The molecule has 1 atom stereocenters. The van der Waals surface area contributed by atoms with Crippen molar-refractivity contribution in [2.24, 2.45) is 5.92 Å². The Morgan fingerprint density at radius 1 is 1.50 bits per heavy atom. The van der Waals surface area contributed by atoms with Crippen molar-refractivity contribution in [2.75, 3.05) is 5.75 Å². The van der Waals surface area contributed by atoms with Crippen LogP contribution in [0.15, 0.2) is 29.4 Å². The van der Waals surface area contributed by atoms with Gasteiger partial charge in [0.05, 0.1) is 10.8 Å². The Morgan fingerprint density at radius 2 is 2.25 bits per heavy atom. The summed E-state index contributed by atoms with van der Waals surface area (Å²) in [5.41, 5.74) is 0. The monoisotopic (exact) mass is 183 g/mol. The van der Waals surface area contributed by atoms with Crippen LogP contribution in [0.4, 0.5) is 0 Å². The summed E-state index contributed by atoms with van der Waals surface area (Å²) in [7, 11) is -0.925. The van der Waals surface area contributed by atoms with E-state index in [9.17, 15) is 4.21 Å². The molecule has 0 saturated carbocycles. The molecule has 0 spiro atoms. The fourth-order valence-electron chi connectivity index (χ4n) is 0.870. The molecule has 0 aliphatic rings. The third-order valence-electron chi connectivity index (χ3n) is 1.36. The predicted octanol–water partition coefficient (Wildman–Crippen LogP) is 1.85. The highest BCUT2D eigenvalue weighted by Gasteiger charge is 2.05. The molecular formula is C9H13NOS. The Bertz CT molecular complexity index is 258. The maximum atomic E-state index is 11.5. The quantitative estimate of drug-likeness (QED) is 0.715. The van der Waals surface area contributed by atoms with Gasteiger partial charge in [0.15, 0.2) is 0 Å². The van der Waals surface area contributed by atoms with Crippen LogP contribution in [0.3, 0.4) is 0 Å². The van der Waals surface area contributed by atoms with E-state index in [4.69, 9.17) is 0 Å². The first kappa shape index (κ1) is 9.39. The minimum atomic E-state index is -0.925. The fourth-order valence-corrected chi connectivity index (χ4v) is 2.05. The molecule has 12 heavy (non-hydrogen) atoms. The summed E-state index contributed by atoms with van der Waals surface area (Å²) in [4.78, 5) is 4.03. The number of aromatic nitrogens is 1. The van der Waals surface area contributed by atoms with Gasteiger partial charge in [0.25, 0.3) is 0 Å². The van der Waals surface area contributed by atoms with Gasteiger partial charge in [-0.25, -0.2) is 4.98 Å². The molecule has 0 fully saturated rings. The van der Waals surface area contributed by atoms with Gasteiger partial charge in [0.1, 0.15) is 5.03 Å². The SMILES string of the molecule is CC(C)C[S@](=O)c1ccccn1. The summed E-state index contributed by atoms with van der Waals surface area (Å²) in [6, 6.07) is 5.50. The standard InChI is InChI=1S/C9H13NOS/c1-8(2)7-12(11)9-5-3-4-6-10-9/h3-6,8H,7H2,1-2H3/t12-/m0/s1. The van der Waals surface area contributed by atoms with Gasteiger partial charge in [-0.1, -0.05) is 19.9 Å². The number of hydrogen-bond acceptors (Lipinski definition) is 2. The molecular weight excluding hydrogens is 170 g/mol. The van der Waals surface area contributed by atoms with Crippen LogP contribution in [0.1, 0.15) is 13.8 Å². The van der Waals surface area contributed by atoms with Crippen molar-refractivity contribution in [1.82, 2.24) is 4.98 Å². The highest BCUT2D eigenvalue weighted by atomic mass is 32.2. The third kappa shape index (κ3) is 2.74. The molecule has 1 aromatic rings. The normalized spacial score (nSPS) is 13.2. The van der Waals surface area contributed by atoms with Crippen molar-refractivity contribution >= 4 is 10.8 Å². The first-order chi connectivity index (χ1) is 5.70.